The summed E-state index contributed by atoms with van der Waals surface area (Å²) in [5.74, 6) is 0. The number of non-ortho nitro benzene ring substituents is 1. The summed E-state index contributed by atoms with van der Waals surface area (Å²) in [6.45, 7) is 0. The third-order valence-electron chi connectivity index (χ3n) is 3.87. The van der Waals surface area contributed by atoms with Crippen molar-refractivity contribution in [1.29, 1.82) is 0 Å². The van der Waals surface area contributed by atoms with Crippen LogP contribution in [0.3, 0.4) is 0 Å². The largest absolute Gasteiger partial charge is 0.269 e. The van der Waals surface area contributed by atoms with Crippen LogP contribution in [0.15, 0.2) is 87.3 Å². The van der Waals surface area contributed by atoms with Crippen LogP contribution in [0.1, 0.15) is 5.56 Å². The minimum Gasteiger partial charge on any atom is -0.258 e. The molecule has 1 heterocycles. The molecule has 5 nitrogen and oxygen atoms in total. The van der Waals surface area contributed by atoms with E-state index in [9.17, 15) is 10.1 Å². The first kappa shape index (κ1) is 16.8. The van der Waals surface area contributed by atoms with Crippen molar-refractivity contribution >= 4 is 49.8 Å². The van der Waals surface area contributed by atoms with Gasteiger partial charge in [0.2, 0.25) is 0 Å². The summed E-state index contributed by atoms with van der Waals surface area (Å²) in [6.07, 6.45) is 0. The van der Waals surface area contributed by atoms with E-state index in [1.165, 1.54) is 12.1 Å². The normalized spacial score (nSPS) is 13.1. The molecule has 0 fully saturated rings. The molecule has 0 saturated carbocycles. The van der Waals surface area contributed by atoms with E-state index in [1.807, 2.05) is 47.5 Å². The molecule has 4 rings (SSSR count). The minimum absolute atomic E-state index is 0.0587. The molecular formula is C19H12BrN3O2S. The highest BCUT2D eigenvalue weighted by molar-refractivity contribution is 9.10. The lowest BCUT2D eigenvalue weighted by molar-refractivity contribution is -0.384. The third kappa shape index (κ3) is 3.23. The van der Waals surface area contributed by atoms with Gasteiger partial charge in [-0.2, -0.15) is 5.10 Å². The highest BCUT2D eigenvalue weighted by atomic mass is 79.9. The van der Waals surface area contributed by atoms with Crippen LogP contribution < -0.4 is 5.01 Å². The average Bonchev–Trinajstić information content (AvgIpc) is 2.67. The topological polar surface area (TPSA) is 58.7 Å². The predicted molar refractivity (Wildman–Crippen MR) is 108 cm³/mol. The summed E-state index contributed by atoms with van der Waals surface area (Å²) in [5, 5.41) is 18.4. The number of rotatable bonds is 3. The third-order valence-corrected chi connectivity index (χ3v) is 5.42. The van der Waals surface area contributed by atoms with E-state index in [-0.39, 0.29) is 5.69 Å². The first-order chi connectivity index (χ1) is 12.6. The van der Waals surface area contributed by atoms with Crippen molar-refractivity contribution in [2.75, 3.05) is 5.01 Å². The van der Waals surface area contributed by atoms with E-state index in [1.54, 1.807) is 23.9 Å². The number of fused-ring (bicyclic) bond motifs is 1. The molecule has 0 spiro atoms. The molecule has 26 heavy (non-hydrogen) atoms. The molecule has 0 atom stereocenters. The molecule has 0 radical (unpaired) electrons. The Bertz CT molecular complexity index is 1010. The summed E-state index contributed by atoms with van der Waals surface area (Å²) < 4.78 is 0.988. The Balaban J connectivity index is 1.82. The number of nitrogens with zero attached hydrogens (tertiary/aromatic N) is 3. The lowest BCUT2D eigenvalue weighted by atomic mass is 10.2. The van der Waals surface area contributed by atoms with Gasteiger partial charge in [0, 0.05) is 27.1 Å². The number of hydrogen-bond donors (Lipinski definition) is 0. The Labute approximate surface area is 162 Å². The zero-order valence-electron chi connectivity index (χ0n) is 13.4. The van der Waals surface area contributed by atoms with E-state index in [0.29, 0.717) is 0 Å². The van der Waals surface area contributed by atoms with Gasteiger partial charge >= 0.3 is 0 Å². The average molecular weight is 426 g/mol. The lowest BCUT2D eigenvalue weighted by Crippen LogP contribution is -2.17. The lowest BCUT2D eigenvalue weighted by Gasteiger charge is -2.27. The Kier molecular flexibility index (Phi) is 4.48. The first-order valence-corrected chi connectivity index (χ1v) is 9.39. The van der Waals surface area contributed by atoms with Gasteiger partial charge in [-0.05, 0) is 30.3 Å². The van der Waals surface area contributed by atoms with Crippen LogP contribution in [-0.2, 0) is 0 Å². The molecule has 1 aliphatic heterocycles. The molecule has 128 valence electrons. The van der Waals surface area contributed by atoms with Crippen molar-refractivity contribution in [2.24, 2.45) is 5.10 Å². The monoisotopic (exact) mass is 425 g/mol. The zero-order chi connectivity index (χ0) is 18.1. The van der Waals surface area contributed by atoms with Crippen molar-refractivity contribution in [3.8, 4) is 0 Å². The Morgan fingerprint density at radius 2 is 1.73 bits per heavy atom. The van der Waals surface area contributed by atoms with Crippen LogP contribution in [0.4, 0.5) is 17.1 Å². The number of nitro benzene ring substituents is 1. The van der Waals surface area contributed by atoms with Crippen molar-refractivity contribution in [3.05, 3.63) is 92.9 Å². The van der Waals surface area contributed by atoms with Gasteiger partial charge in [-0.3, -0.25) is 10.1 Å². The Morgan fingerprint density at radius 3 is 2.42 bits per heavy atom. The Hall–Kier alpha value is -2.64. The maximum absolute atomic E-state index is 10.9. The molecule has 0 aliphatic carbocycles. The van der Waals surface area contributed by atoms with Crippen LogP contribution in [0.5, 0.6) is 0 Å². The van der Waals surface area contributed by atoms with Gasteiger partial charge < -0.3 is 0 Å². The predicted octanol–water partition coefficient (Wildman–Crippen LogP) is 5.96. The summed E-state index contributed by atoms with van der Waals surface area (Å²) in [4.78, 5) is 11.6. The van der Waals surface area contributed by atoms with E-state index in [0.717, 1.165) is 31.4 Å². The highest BCUT2D eigenvalue weighted by Crippen LogP contribution is 2.42. The second-order valence-electron chi connectivity index (χ2n) is 5.57. The summed E-state index contributed by atoms with van der Waals surface area (Å²) >= 11 is 5.12. The number of hydrogen-bond acceptors (Lipinski definition) is 5. The van der Waals surface area contributed by atoms with Gasteiger partial charge in [-0.25, -0.2) is 5.01 Å². The first-order valence-electron chi connectivity index (χ1n) is 7.78. The van der Waals surface area contributed by atoms with Gasteiger partial charge in [0.15, 0.2) is 0 Å². The number of benzene rings is 3. The molecule has 3 aromatic carbocycles. The van der Waals surface area contributed by atoms with Gasteiger partial charge in [-0.15, -0.1) is 0 Å². The summed E-state index contributed by atoms with van der Waals surface area (Å²) in [5.41, 5.74) is 2.79. The van der Waals surface area contributed by atoms with Crippen molar-refractivity contribution in [2.45, 2.75) is 4.90 Å². The van der Waals surface area contributed by atoms with E-state index < -0.39 is 4.92 Å². The fourth-order valence-electron chi connectivity index (χ4n) is 2.62. The van der Waals surface area contributed by atoms with Crippen LogP contribution in [0.25, 0.3) is 0 Å². The van der Waals surface area contributed by atoms with Crippen molar-refractivity contribution in [3.63, 3.8) is 0 Å². The van der Waals surface area contributed by atoms with E-state index in [4.69, 9.17) is 5.10 Å². The number of nitro groups is 1. The zero-order valence-corrected chi connectivity index (χ0v) is 15.8. The fraction of sp³-hybridized carbons (Fsp3) is 0. The molecule has 0 bridgehead atoms. The molecule has 0 amide bonds. The van der Waals surface area contributed by atoms with Gasteiger partial charge in [0.05, 0.1) is 16.3 Å². The van der Waals surface area contributed by atoms with Crippen molar-refractivity contribution in [1.82, 2.24) is 0 Å². The molecule has 7 heteroatoms. The van der Waals surface area contributed by atoms with Crippen LogP contribution in [0.2, 0.25) is 0 Å². The van der Waals surface area contributed by atoms with Gasteiger partial charge in [0.25, 0.3) is 5.69 Å². The van der Waals surface area contributed by atoms with Gasteiger partial charge in [-0.1, -0.05) is 58.0 Å². The van der Waals surface area contributed by atoms with Crippen LogP contribution in [-0.4, -0.2) is 9.97 Å². The maximum Gasteiger partial charge on any atom is 0.269 e. The fourth-order valence-corrected chi connectivity index (χ4v) is 4.17. The second-order valence-corrected chi connectivity index (χ2v) is 7.52. The molecule has 0 saturated heterocycles. The molecule has 0 N–H and O–H groups in total. The number of hydrazone groups is 1. The van der Waals surface area contributed by atoms with Gasteiger partial charge in [0.1, 0.15) is 5.04 Å². The summed E-state index contributed by atoms with van der Waals surface area (Å²) in [7, 11) is 0. The van der Waals surface area contributed by atoms with Crippen LogP contribution in [0, 0.1) is 10.1 Å². The number of thioether (sulfide) groups is 1. The smallest absolute Gasteiger partial charge is 0.258 e. The van der Waals surface area contributed by atoms with E-state index in [2.05, 4.69) is 22.0 Å². The minimum atomic E-state index is -0.403. The quantitative estimate of drug-likeness (QED) is 0.383. The molecular weight excluding hydrogens is 414 g/mol. The maximum atomic E-state index is 10.9. The Morgan fingerprint density at radius 1 is 1.00 bits per heavy atom. The summed E-state index contributed by atoms with van der Waals surface area (Å²) in [6, 6.07) is 22.4. The number of halogens is 1. The molecule has 3 aromatic rings. The molecule has 1 aliphatic rings. The van der Waals surface area contributed by atoms with Crippen molar-refractivity contribution < 1.29 is 4.92 Å². The van der Waals surface area contributed by atoms with Crippen LogP contribution >= 0.6 is 27.7 Å². The highest BCUT2D eigenvalue weighted by Gasteiger charge is 2.23. The SMILES string of the molecule is O=[N+]([O-])c1ccc(N2N=C(c3ccccc3)Sc3cc(Br)ccc32)cc1. The molecule has 0 aromatic heterocycles. The second kappa shape index (κ2) is 6.93. The standard InChI is InChI=1S/C19H12BrN3O2S/c20-14-6-11-17-18(12-14)26-19(13-4-2-1-3-5-13)21-22(17)15-7-9-16(10-8-15)23(24)25/h1-12H. The van der Waals surface area contributed by atoms with E-state index >= 15 is 0 Å². The molecule has 0 unspecified atom stereocenters. The number of anilines is 2.